The molecule has 1 aromatic carbocycles. The van der Waals surface area contributed by atoms with Crippen LogP contribution in [0.3, 0.4) is 0 Å². The molecule has 1 N–H and O–H groups in total. The van der Waals surface area contributed by atoms with Crippen molar-refractivity contribution in [1.82, 2.24) is 0 Å². The summed E-state index contributed by atoms with van der Waals surface area (Å²) in [7, 11) is -4.02. The van der Waals surface area contributed by atoms with Gasteiger partial charge in [0.2, 0.25) is 9.84 Å². The van der Waals surface area contributed by atoms with E-state index < -0.39 is 32.4 Å². The number of carbonyl (C=O) groups is 1. The Kier molecular flexibility index (Phi) is 2.54. The number of halogens is 1. The molecule has 0 radical (unpaired) electrons. The van der Waals surface area contributed by atoms with Crippen LogP contribution in [-0.4, -0.2) is 19.5 Å². The highest BCUT2D eigenvalue weighted by Crippen LogP contribution is 2.38. The highest BCUT2D eigenvalue weighted by Gasteiger charge is 2.37. The minimum absolute atomic E-state index is 0.202. The van der Waals surface area contributed by atoms with Crippen LogP contribution in [0.15, 0.2) is 28.0 Å². The molecule has 0 bridgehead atoms. The van der Waals surface area contributed by atoms with Crippen molar-refractivity contribution in [3.8, 4) is 0 Å². The minimum Gasteiger partial charge on any atom is -0.481 e. The Bertz CT molecular complexity index is 631. The van der Waals surface area contributed by atoms with Crippen molar-refractivity contribution in [3.05, 3.63) is 34.5 Å². The molecule has 6 heteroatoms. The molecule has 90 valence electrons. The molecule has 17 heavy (non-hydrogen) atoms. The molecule has 0 saturated carbocycles. The van der Waals surface area contributed by atoms with Crippen molar-refractivity contribution >= 4 is 21.9 Å². The van der Waals surface area contributed by atoms with E-state index in [2.05, 4.69) is 0 Å². The van der Waals surface area contributed by atoms with Gasteiger partial charge in [-0.1, -0.05) is 12.1 Å². The SMILES string of the molecule is CC(C(=O)O)C1=Cc2cccc(F)c2S1(=O)=O. The van der Waals surface area contributed by atoms with Gasteiger partial charge in [-0.3, -0.25) is 4.79 Å². The molecule has 0 amide bonds. The van der Waals surface area contributed by atoms with E-state index in [-0.39, 0.29) is 10.5 Å². The zero-order valence-electron chi connectivity index (χ0n) is 8.84. The third-order valence-corrected chi connectivity index (χ3v) is 4.73. The van der Waals surface area contributed by atoms with Crippen molar-refractivity contribution < 1.29 is 22.7 Å². The summed E-state index contributed by atoms with van der Waals surface area (Å²) in [5.74, 6) is -3.30. The molecule has 4 nitrogen and oxygen atoms in total. The molecule has 0 saturated heterocycles. The molecule has 0 fully saturated rings. The second-order valence-electron chi connectivity index (χ2n) is 3.77. The number of carboxylic acids is 1. The quantitative estimate of drug-likeness (QED) is 0.873. The van der Waals surface area contributed by atoms with Gasteiger partial charge in [0.05, 0.1) is 10.8 Å². The van der Waals surface area contributed by atoms with Crippen LogP contribution >= 0.6 is 0 Å². The summed E-state index contributed by atoms with van der Waals surface area (Å²) < 4.78 is 37.4. The van der Waals surface area contributed by atoms with Crippen LogP contribution < -0.4 is 0 Å². The molecule has 1 unspecified atom stereocenters. The van der Waals surface area contributed by atoms with Gasteiger partial charge in [-0.2, -0.15) is 0 Å². The van der Waals surface area contributed by atoms with Crippen molar-refractivity contribution in [2.45, 2.75) is 11.8 Å². The fraction of sp³-hybridized carbons (Fsp3) is 0.182. The Balaban J connectivity index is 2.66. The Morgan fingerprint density at radius 2 is 2.06 bits per heavy atom. The lowest BCUT2D eigenvalue weighted by atomic mass is 10.1. The Hall–Kier alpha value is -1.69. The molecule has 1 aromatic rings. The highest BCUT2D eigenvalue weighted by molar-refractivity contribution is 7.96. The fourth-order valence-corrected chi connectivity index (χ4v) is 3.60. The zero-order chi connectivity index (χ0) is 12.8. The van der Waals surface area contributed by atoms with Gasteiger partial charge in [0.15, 0.2) is 0 Å². The van der Waals surface area contributed by atoms with Gasteiger partial charge in [-0.05, 0) is 24.6 Å². The number of fused-ring (bicyclic) bond motifs is 1. The molecule has 1 aliphatic rings. The van der Waals surface area contributed by atoms with Gasteiger partial charge in [0.1, 0.15) is 10.7 Å². The summed E-state index contributed by atoms with van der Waals surface area (Å²) in [5.41, 5.74) is 0.202. The molecule has 2 rings (SSSR count). The van der Waals surface area contributed by atoms with Gasteiger partial charge in [-0.15, -0.1) is 0 Å². The molecular formula is C11H9FO4S. The molecule has 0 spiro atoms. The molecule has 1 atom stereocenters. The van der Waals surface area contributed by atoms with E-state index in [1.807, 2.05) is 0 Å². The normalized spacial score (nSPS) is 18.4. The maximum Gasteiger partial charge on any atom is 0.311 e. The molecular weight excluding hydrogens is 247 g/mol. The van der Waals surface area contributed by atoms with Crippen LogP contribution in [0.5, 0.6) is 0 Å². The lowest BCUT2D eigenvalue weighted by molar-refractivity contribution is -0.139. The lowest BCUT2D eigenvalue weighted by Crippen LogP contribution is -2.17. The average Bonchev–Trinajstić information content (AvgIpc) is 2.50. The summed E-state index contributed by atoms with van der Waals surface area (Å²) in [4.78, 5) is 10.1. The first-order valence-corrected chi connectivity index (χ1v) is 6.32. The number of sulfone groups is 1. The summed E-state index contributed by atoms with van der Waals surface area (Å²) in [6.07, 6.45) is 1.21. The predicted octanol–water partition coefficient (Wildman–Crippen LogP) is 1.67. The summed E-state index contributed by atoms with van der Waals surface area (Å²) in [6, 6.07) is 3.87. The monoisotopic (exact) mass is 256 g/mol. The number of carboxylic acid groups (broad SMARTS) is 1. The molecule has 0 aromatic heterocycles. The van der Waals surface area contributed by atoms with Crippen LogP contribution in [0.1, 0.15) is 12.5 Å². The Morgan fingerprint density at radius 1 is 1.41 bits per heavy atom. The van der Waals surface area contributed by atoms with Crippen molar-refractivity contribution in [2.75, 3.05) is 0 Å². The molecule has 1 aliphatic heterocycles. The molecule has 0 aliphatic carbocycles. The van der Waals surface area contributed by atoms with Gasteiger partial charge in [-0.25, -0.2) is 12.8 Å². The van der Waals surface area contributed by atoms with Gasteiger partial charge < -0.3 is 5.11 Å². The number of rotatable bonds is 2. The fourth-order valence-electron chi connectivity index (χ4n) is 1.75. The van der Waals surface area contributed by atoms with Crippen LogP contribution in [0.2, 0.25) is 0 Å². The van der Waals surface area contributed by atoms with Gasteiger partial charge in [0, 0.05) is 0 Å². The number of hydrogen-bond acceptors (Lipinski definition) is 3. The largest absolute Gasteiger partial charge is 0.481 e. The van der Waals surface area contributed by atoms with Crippen molar-refractivity contribution in [2.24, 2.45) is 5.92 Å². The van der Waals surface area contributed by atoms with E-state index >= 15 is 0 Å². The average molecular weight is 256 g/mol. The maximum atomic E-state index is 13.5. The van der Waals surface area contributed by atoms with Crippen LogP contribution in [-0.2, 0) is 14.6 Å². The highest BCUT2D eigenvalue weighted by atomic mass is 32.2. The van der Waals surface area contributed by atoms with Crippen molar-refractivity contribution in [3.63, 3.8) is 0 Å². The topological polar surface area (TPSA) is 71.4 Å². The first kappa shape index (κ1) is 11.8. The number of aliphatic carboxylic acids is 1. The van der Waals surface area contributed by atoms with Gasteiger partial charge >= 0.3 is 5.97 Å². The lowest BCUT2D eigenvalue weighted by Gasteiger charge is -2.07. The maximum absolute atomic E-state index is 13.5. The minimum atomic E-state index is -4.02. The first-order valence-electron chi connectivity index (χ1n) is 4.83. The second kappa shape index (κ2) is 3.66. The van der Waals surface area contributed by atoms with Crippen LogP contribution in [0.25, 0.3) is 6.08 Å². The zero-order valence-corrected chi connectivity index (χ0v) is 9.66. The smallest absolute Gasteiger partial charge is 0.311 e. The van der Waals surface area contributed by atoms with E-state index in [0.29, 0.717) is 0 Å². The van der Waals surface area contributed by atoms with E-state index in [1.54, 1.807) is 0 Å². The number of benzene rings is 1. The standard InChI is InChI=1S/C11H9FO4S/c1-6(11(13)14)9-5-7-3-2-4-8(12)10(7)17(9,15)16/h2-6H,1H3,(H,13,14). The Labute approximate surface area is 97.3 Å². The summed E-state index contributed by atoms with van der Waals surface area (Å²) in [6.45, 7) is 1.26. The molecule has 1 heterocycles. The van der Waals surface area contributed by atoms with Gasteiger partial charge in [0.25, 0.3) is 0 Å². The third-order valence-electron chi connectivity index (χ3n) is 2.67. The Morgan fingerprint density at radius 3 is 2.59 bits per heavy atom. The van der Waals surface area contributed by atoms with E-state index in [1.165, 1.54) is 25.1 Å². The van der Waals surface area contributed by atoms with Crippen molar-refractivity contribution in [1.29, 1.82) is 0 Å². The third kappa shape index (κ3) is 1.64. The second-order valence-corrected chi connectivity index (χ2v) is 5.65. The summed E-state index contributed by atoms with van der Waals surface area (Å²) in [5, 5.41) is 8.82. The van der Waals surface area contributed by atoms with Crippen LogP contribution in [0, 0.1) is 11.7 Å². The van der Waals surface area contributed by atoms with E-state index in [9.17, 15) is 17.6 Å². The van der Waals surface area contributed by atoms with E-state index in [4.69, 9.17) is 5.11 Å². The summed E-state index contributed by atoms with van der Waals surface area (Å²) >= 11 is 0. The van der Waals surface area contributed by atoms with E-state index in [0.717, 1.165) is 6.07 Å². The predicted molar refractivity (Wildman–Crippen MR) is 58.4 cm³/mol. The number of hydrogen-bond donors (Lipinski definition) is 1. The first-order chi connectivity index (χ1) is 7.85. The van der Waals surface area contributed by atoms with Crippen LogP contribution in [0.4, 0.5) is 4.39 Å².